The molecule has 0 saturated heterocycles. The molecule has 0 amide bonds. The van der Waals surface area contributed by atoms with Gasteiger partial charge < -0.3 is 0 Å². The van der Waals surface area contributed by atoms with Crippen LogP contribution in [-0.2, 0) is 10.8 Å². The van der Waals surface area contributed by atoms with E-state index in [0.717, 1.165) is 0 Å². The van der Waals surface area contributed by atoms with Crippen molar-refractivity contribution < 1.29 is 4.21 Å². The fourth-order valence-electron chi connectivity index (χ4n) is 0.401. The van der Waals surface area contributed by atoms with E-state index in [9.17, 15) is 4.21 Å². The van der Waals surface area contributed by atoms with Crippen LogP contribution in [0.1, 0.15) is 6.92 Å². The van der Waals surface area contributed by atoms with E-state index in [1.165, 1.54) is 12.3 Å². The van der Waals surface area contributed by atoms with Gasteiger partial charge in [0.05, 0.1) is 16.4 Å². The van der Waals surface area contributed by atoms with Gasteiger partial charge in [-0.1, -0.05) is 6.08 Å². The minimum absolute atomic E-state index is 0.106. The molecule has 0 radical (unpaired) electrons. The van der Waals surface area contributed by atoms with Crippen molar-refractivity contribution in [1.29, 1.82) is 10.7 Å². The second-order valence-corrected chi connectivity index (χ2v) is 2.91. The Kier molecular flexibility index (Phi) is 3.59. The fraction of sp³-hybridized carbons (Fsp3) is 0.333. The van der Waals surface area contributed by atoms with Gasteiger partial charge in [0.1, 0.15) is 11.1 Å². The molecular weight excluding hydrogens is 148 g/mol. The summed E-state index contributed by atoms with van der Waals surface area (Å²) in [6.07, 6.45) is 2.85. The Hall–Kier alpha value is -0.950. The van der Waals surface area contributed by atoms with Gasteiger partial charge in [0.2, 0.25) is 0 Å². The molecule has 4 heteroatoms. The Morgan fingerprint density at radius 1 is 1.80 bits per heavy atom. The van der Waals surface area contributed by atoms with Gasteiger partial charge in [-0.3, -0.25) is 9.62 Å². The molecule has 0 spiro atoms. The molecule has 0 fully saturated rings. The van der Waals surface area contributed by atoms with E-state index >= 15 is 0 Å². The van der Waals surface area contributed by atoms with Gasteiger partial charge in [0.25, 0.3) is 0 Å². The predicted molar refractivity (Wildman–Crippen MR) is 41.2 cm³/mol. The number of hydrogen-bond acceptors (Lipinski definition) is 3. The average molecular weight is 156 g/mol. The maximum Gasteiger partial charge on any atom is 0.136 e. The van der Waals surface area contributed by atoms with Crippen LogP contribution in [0, 0.1) is 16.7 Å². The molecule has 0 aliphatic heterocycles. The summed E-state index contributed by atoms with van der Waals surface area (Å²) in [7, 11) is -1.35. The summed E-state index contributed by atoms with van der Waals surface area (Å²) in [6, 6.07) is 1.78. The van der Waals surface area contributed by atoms with Crippen molar-refractivity contribution in [2.75, 3.05) is 6.26 Å². The van der Waals surface area contributed by atoms with Gasteiger partial charge in [-0.25, -0.2) is 0 Å². The van der Waals surface area contributed by atoms with Gasteiger partial charge in [-0.2, -0.15) is 5.26 Å². The maximum absolute atomic E-state index is 10.6. The molecule has 1 atom stereocenters. The molecule has 1 unspecified atom stereocenters. The zero-order chi connectivity index (χ0) is 8.15. The van der Waals surface area contributed by atoms with E-state index in [0.29, 0.717) is 0 Å². The fourth-order valence-corrected chi connectivity index (χ4v) is 0.874. The van der Waals surface area contributed by atoms with Gasteiger partial charge in [0, 0.05) is 6.26 Å². The number of rotatable bonds is 1. The van der Waals surface area contributed by atoms with Crippen molar-refractivity contribution >= 4 is 15.8 Å². The molecule has 0 heterocycles. The summed E-state index contributed by atoms with van der Waals surface area (Å²) < 4.78 is 10.6. The van der Waals surface area contributed by atoms with E-state index in [2.05, 4.69) is 0 Å². The molecule has 0 aromatic rings. The number of hydrogen-bond donors (Lipinski definition) is 1. The first-order valence-corrected chi connectivity index (χ1v) is 4.18. The Bertz CT molecular complexity index is 237. The third-order valence-corrected chi connectivity index (χ3v) is 1.74. The van der Waals surface area contributed by atoms with Crippen LogP contribution < -0.4 is 0 Å². The molecule has 0 rings (SSSR count). The second kappa shape index (κ2) is 3.96. The monoisotopic (exact) mass is 156 g/mol. The highest BCUT2D eigenvalue weighted by Crippen LogP contribution is 1.96. The SMILES string of the molecule is C/C=C(\C#N)C(=N)S(C)=O. The smallest absolute Gasteiger partial charge is 0.136 e. The number of nitriles is 1. The van der Waals surface area contributed by atoms with Crippen molar-refractivity contribution in [3.63, 3.8) is 0 Å². The van der Waals surface area contributed by atoms with E-state index in [1.807, 2.05) is 0 Å². The summed E-state index contributed by atoms with van der Waals surface area (Å²) in [5.41, 5.74) is 0.181. The third-order valence-electron chi connectivity index (χ3n) is 0.941. The first kappa shape index (κ1) is 9.05. The third kappa shape index (κ3) is 2.11. The van der Waals surface area contributed by atoms with Crippen LogP contribution in [0.15, 0.2) is 11.6 Å². The van der Waals surface area contributed by atoms with E-state index in [-0.39, 0.29) is 10.6 Å². The molecule has 1 N–H and O–H groups in total. The number of nitrogens with zero attached hydrogens (tertiary/aromatic N) is 1. The quantitative estimate of drug-likeness (QED) is 0.347. The van der Waals surface area contributed by atoms with Crippen LogP contribution in [0.3, 0.4) is 0 Å². The van der Waals surface area contributed by atoms with Crippen LogP contribution in [0.4, 0.5) is 0 Å². The highest BCUT2D eigenvalue weighted by atomic mass is 32.2. The minimum atomic E-state index is -1.35. The van der Waals surface area contributed by atoms with Crippen molar-refractivity contribution in [1.82, 2.24) is 0 Å². The summed E-state index contributed by atoms with van der Waals surface area (Å²) >= 11 is 0. The summed E-state index contributed by atoms with van der Waals surface area (Å²) in [4.78, 5) is 0. The molecule has 54 valence electrons. The standard InChI is InChI=1S/C6H8N2OS/c1-3-5(4-7)6(8)10(2)9/h3,8H,1-2H3/b5-3+,8-6?. The maximum atomic E-state index is 10.6. The molecule has 0 aliphatic rings. The average Bonchev–Trinajstić information content (AvgIpc) is 1.90. The van der Waals surface area contributed by atoms with Gasteiger partial charge in [-0.05, 0) is 6.92 Å². The van der Waals surface area contributed by atoms with E-state index < -0.39 is 10.8 Å². The van der Waals surface area contributed by atoms with Gasteiger partial charge >= 0.3 is 0 Å². The lowest BCUT2D eigenvalue weighted by Gasteiger charge is -1.93. The first-order chi connectivity index (χ1) is 4.63. The molecule has 3 nitrogen and oxygen atoms in total. The second-order valence-electron chi connectivity index (χ2n) is 1.60. The normalized spacial score (nSPS) is 13.9. The van der Waals surface area contributed by atoms with E-state index in [4.69, 9.17) is 10.7 Å². The Labute approximate surface area is 62.3 Å². The molecule has 0 aromatic heterocycles. The zero-order valence-corrected chi connectivity index (χ0v) is 6.66. The molecule has 0 saturated carbocycles. The van der Waals surface area contributed by atoms with Crippen LogP contribution in [0.5, 0.6) is 0 Å². The lowest BCUT2D eigenvalue weighted by molar-refractivity contribution is 0.693. The van der Waals surface area contributed by atoms with E-state index in [1.54, 1.807) is 13.0 Å². The van der Waals surface area contributed by atoms with Crippen LogP contribution in [0.25, 0.3) is 0 Å². The van der Waals surface area contributed by atoms with Gasteiger partial charge in [0.15, 0.2) is 0 Å². The van der Waals surface area contributed by atoms with Crippen molar-refractivity contribution in [2.24, 2.45) is 0 Å². The Morgan fingerprint density at radius 2 is 2.30 bits per heavy atom. The Morgan fingerprint density at radius 3 is 2.40 bits per heavy atom. The van der Waals surface area contributed by atoms with Crippen molar-refractivity contribution in [3.8, 4) is 6.07 Å². The van der Waals surface area contributed by atoms with Crippen molar-refractivity contribution in [2.45, 2.75) is 6.92 Å². The number of nitrogens with one attached hydrogen (secondary N) is 1. The highest BCUT2D eigenvalue weighted by molar-refractivity contribution is 8.00. The predicted octanol–water partition coefficient (Wildman–Crippen LogP) is 0.812. The lowest BCUT2D eigenvalue weighted by Crippen LogP contribution is -2.05. The van der Waals surface area contributed by atoms with Crippen LogP contribution in [-0.4, -0.2) is 15.5 Å². The molecule has 0 bridgehead atoms. The highest BCUT2D eigenvalue weighted by Gasteiger charge is 2.05. The molecule has 10 heavy (non-hydrogen) atoms. The lowest BCUT2D eigenvalue weighted by atomic mass is 10.3. The topological polar surface area (TPSA) is 64.7 Å². The summed E-state index contributed by atoms with van der Waals surface area (Å²) in [5.74, 6) is 0. The number of allylic oxidation sites excluding steroid dienone is 1. The zero-order valence-electron chi connectivity index (χ0n) is 5.84. The summed E-state index contributed by atoms with van der Waals surface area (Å²) in [5, 5.41) is 15.4. The van der Waals surface area contributed by atoms with Crippen molar-refractivity contribution in [3.05, 3.63) is 11.6 Å². The van der Waals surface area contributed by atoms with Crippen LogP contribution >= 0.6 is 0 Å². The summed E-state index contributed by atoms with van der Waals surface area (Å²) in [6.45, 7) is 1.64. The molecule has 0 aliphatic carbocycles. The largest absolute Gasteiger partial charge is 0.291 e. The first-order valence-electron chi connectivity index (χ1n) is 2.62. The Balaban J connectivity index is 4.54. The minimum Gasteiger partial charge on any atom is -0.291 e. The van der Waals surface area contributed by atoms with Crippen LogP contribution in [0.2, 0.25) is 0 Å². The molecular formula is C6H8N2OS. The van der Waals surface area contributed by atoms with Gasteiger partial charge in [-0.15, -0.1) is 0 Å². The molecule has 0 aromatic carbocycles.